The number of anilines is 1. The first-order chi connectivity index (χ1) is 10.4. The fourth-order valence-corrected chi connectivity index (χ4v) is 2.97. The van der Waals surface area contributed by atoms with E-state index in [0.29, 0.717) is 13.1 Å². The molecule has 1 aromatic carbocycles. The van der Waals surface area contributed by atoms with Crippen LogP contribution in [0.3, 0.4) is 0 Å². The molecular weight excluding hydrogens is 282 g/mol. The van der Waals surface area contributed by atoms with E-state index in [1.54, 1.807) is 16.0 Å². The Balaban J connectivity index is 1.73. The molecule has 0 atom stereocenters. The highest BCUT2D eigenvalue weighted by Gasteiger charge is 2.05. The number of benzene rings is 1. The van der Waals surface area contributed by atoms with Crippen LogP contribution in [-0.4, -0.2) is 21.5 Å². The Bertz CT molecular complexity index is 691. The molecule has 0 spiro atoms. The maximum atomic E-state index is 8.90. The van der Waals surface area contributed by atoms with Crippen molar-refractivity contribution in [2.45, 2.75) is 13.1 Å². The highest BCUT2D eigenvalue weighted by atomic mass is 32.1. The number of aromatic nitrogens is 2. The van der Waals surface area contributed by atoms with E-state index >= 15 is 0 Å². The van der Waals surface area contributed by atoms with Crippen LogP contribution >= 0.6 is 11.3 Å². The summed E-state index contributed by atoms with van der Waals surface area (Å²) in [7, 11) is 0. The van der Waals surface area contributed by atoms with Crippen LogP contribution in [0.2, 0.25) is 0 Å². The van der Waals surface area contributed by atoms with Crippen LogP contribution in [0.5, 0.6) is 0 Å². The van der Waals surface area contributed by atoms with Crippen LogP contribution in [-0.2, 0) is 13.1 Å². The monoisotopic (exact) mass is 299 g/mol. The van der Waals surface area contributed by atoms with Crippen molar-refractivity contribution in [2.75, 3.05) is 11.9 Å². The number of aliphatic hydroxyl groups excluding tert-OH is 1. The average Bonchev–Trinajstić information content (AvgIpc) is 3.17. The number of hydrogen-bond donors (Lipinski definition) is 2. The van der Waals surface area contributed by atoms with E-state index in [1.807, 2.05) is 18.5 Å². The molecule has 0 bridgehead atoms. The Morgan fingerprint density at radius 1 is 1.19 bits per heavy atom. The van der Waals surface area contributed by atoms with E-state index in [9.17, 15) is 0 Å². The number of nitrogens with zero attached hydrogens (tertiary/aromatic N) is 2. The zero-order valence-electron chi connectivity index (χ0n) is 11.6. The molecule has 0 unspecified atom stereocenters. The lowest BCUT2D eigenvalue weighted by Gasteiger charge is -2.10. The molecule has 0 saturated carbocycles. The van der Waals surface area contributed by atoms with E-state index in [2.05, 4.69) is 46.1 Å². The van der Waals surface area contributed by atoms with Gasteiger partial charge in [-0.05, 0) is 17.5 Å². The molecule has 0 amide bonds. The van der Waals surface area contributed by atoms with E-state index in [1.165, 1.54) is 10.4 Å². The SMILES string of the molecule is OCCn1cc(CNc2ccccc2-c2cccs2)cn1. The Morgan fingerprint density at radius 3 is 2.90 bits per heavy atom. The number of aliphatic hydroxyl groups is 1. The second kappa shape index (κ2) is 6.56. The first-order valence-electron chi connectivity index (χ1n) is 6.86. The average molecular weight is 299 g/mol. The van der Waals surface area contributed by atoms with Crippen molar-refractivity contribution in [1.29, 1.82) is 0 Å². The summed E-state index contributed by atoms with van der Waals surface area (Å²) in [6.07, 6.45) is 3.79. The van der Waals surface area contributed by atoms with E-state index in [4.69, 9.17) is 5.11 Å². The van der Waals surface area contributed by atoms with Gasteiger partial charge in [-0.3, -0.25) is 4.68 Å². The Kier molecular flexibility index (Phi) is 4.33. The van der Waals surface area contributed by atoms with Crippen molar-refractivity contribution < 1.29 is 5.11 Å². The molecule has 4 nitrogen and oxygen atoms in total. The summed E-state index contributed by atoms with van der Waals surface area (Å²) in [6, 6.07) is 12.5. The van der Waals surface area contributed by atoms with Gasteiger partial charge in [0.05, 0.1) is 19.3 Å². The Morgan fingerprint density at radius 2 is 2.10 bits per heavy atom. The normalized spacial score (nSPS) is 10.7. The predicted molar refractivity (Wildman–Crippen MR) is 86.4 cm³/mol. The van der Waals surface area contributed by atoms with Gasteiger partial charge in [-0.2, -0.15) is 5.10 Å². The van der Waals surface area contributed by atoms with Gasteiger partial charge in [-0.15, -0.1) is 11.3 Å². The lowest BCUT2D eigenvalue weighted by atomic mass is 10.1. The van der Waals surface area contributed by atoms with Crippen LogP contribution in [0.1, 0.15) is 5.56 Å². The standard InChI is InChI=1S/C16H17N3OS/c20-8-7-19-12-13(11-18-19)10-17-15-5-2-1-4-14(15)16-6-3-9-21-16/h1-6,9,11-12,17,20H,7-8,10H2. The molecule has 3 aromatic rings. The van der Waals surface area contributed by atoms with Gasteiger partial charge in [-0.25, -0.2) is 0 Å². The second-order valence-electron chi connectivity index (χ2n) is 4.71. The van der Waals surface area contributed by atoms with Crippen molar-refractivity contribution in [3.05, 3.63) is 59.7 Å². The summed E-state index contributed by atoms with van der Waals surface area (Å²) < 4.78 is 1.75. The first-order valence-corrected chi connectivity index (χ1v) is 7.74. The van der Waals surface area contributed by atoms with Crippen molar-refractivity contribution in [3.8, 4) is 10.4 Å². The molecule has 0 aliphatic carbocycles. The van der Waals surface area contributed by atoms with Crippen molar-refractivity contribution >= 4 is 17.0 Å². The smallest absolute Gasteiger partial charge is 0.0640 e. The molecule has 2 N–H and O–H groups in total. The molecule has 2 heterocycles. The molecule has 5 heteroatoms. The Hall–Kier alpha value is -2.11. The number of rotatable bonds is 6. The van der Waals surface area contributed by atoms with Gasteiger partial charge in [0.1, 0.15) is 0 Å². The fraction of sp³-hybridized carbons (Fsp3) is 0.188. The third-order valence-electron chi connectivity index (χ3n) is 3.21. The molecule has 2 aromatic heterocycles. The highest BCUT2D eigenvalue weighted by Crippen LogP contribution is 2.31. The summed E-state index contributed by atoms with van der Waals surface area (Å²) in [6.45, 7) is 1.36. The summed E-state index contributed by atoms with van der Waals surface area (Å²) in [4.78, 5) is 1.26. The lowest BCUT2D eigenvalue weighted by molar-refractivity contribution is 0.269. The molecule has 0 radical (unpaired) electrons. The molecule has 0 aliphatic heterocycles. The van der Waals surface area contributed by atoms with E-state index in [0.717, 1.165) is 11.3 Å². The van der Waals surface area contributed by atoms with Gasteiger partial charge in [0.15, 0.2) is 0 Å². The molecule has 0 saturated heterocycles. The number of hydrogen-bond acceptors (Lipinski definition) is 4. The van der Waals surface area contributed by atoms with Crippen LogP contribution in [0.25, 0.3) is 10.4 Å². The predicted octanol–water partition coefficient (Wildman–Crippen LogP) is 3.22. The van der Waals surface area contributed by atoms with E-state index < -0.39 is 0 Å². The molecular formula is C16H17N3OS. The number of nitrogens with one attached hydrogen (secondary N) is 1. The zero-order chi connectivity index (χ0) is 14.5. The van der Waals surface area contributed by atoms with Gasteiger partial charge in [0.25, 0.3) is 0 Å². The first kappa shape index (κ1) is 13.9. The van der Waals surface area contributed by atoms with Gasteiger partial charge in [-0.1, -0.05) is 24.3 Å². The minimum absolute atomic E-state index is 0.107. The van der Waals surface area contributed by atoms with Gasteiger partial charge in [0, 0.05) is 34.4 Å². The van der Waals surface area contributed by atoms with Crippen LogP contribution < -0.4 is 5.32 Å². The zero-order valence-corrected chi connectivity index (χ0v) is 12.4. The van der Waals surface area contributed by atoms with Crippen molar-refractivity contribution in [2.24, 2.45) is 0 Å². The molecule has 108 valence electrons. The third kappa shape index (κ3) is 3.32. The molecule has 3 rings (SSSR count). The van der Waals surface area contributed by atoms with Crippen molar-refractivity contribution in [3.63, 3.8) is 0 Å². The van der Waals surface area contributed by atoms with Crippen LogP contribution in [0.4, 0.5) is 5.69 Å². The highest BCUT2D eigenvalue weighted by molar-refractivity contribution is 7.13. The summed E-state index contributed by atoms with van der Waals surface area (Å²) in [5.74, 6) is 0. The van der Waals surface area contributed by atoms with Gasteiger partial charge in [0.2, 0.25) is 0 Å². The maximum absolute atomic E-state index is 8.90. The largest absolute Gasteiger partial charge is 0.394 e. The molecule has 21 heavy (non-hydrogen) atoms. The molecule has 0 aliphatic rings. The topological polar surface area (TPSA) is 50.1 Å². The minimum Gasteiger partial charge on any atom is -0.394 e. The summed E-state index contributed by atoms with van der Waals surface area (Å²) in [5.41, 5.74) is 3.44. The van der Waals surface area contributed by atoms with E-state index in [-0.39, 0.29) is 6.61 Å². The molecule has 0 fully saturated rings. The number of thiophene rings is 1. The van der Waals surface area contributed by atoms with Crippen LogP contribution in [0, 0.1) is 0 Å². The lowest BCUT2D eigenvalue weighted by Crippen LogP contribution is -2.02. The van der Waals surface area contributed by atoms with Crippen LogP contribution in [0.15, 0.2) is 54.2 Å². The minimum atomic E-state index is 0.107. The quantitative estimate of drug-likeness (QED) is 0.735. The van der Waals surface area contributed by atoms with Gasteiger partial charge < -0.3 is 10.4 Å². The number of para-hydroxylation sites is 1. The Labute approximate surface area is 127 Å². The summed E-state index contributed by atoms with van der Waals surface area (Å²) >= 11 is 1.74. The van der Waals surface area contributed by atoms with Crippen molar-refractivity contribution in [1.82, 2.24) is 9.78 Å². The summed E-state index contributed by atoms with van der Waals surface area (Å²) in [5, 5.41) is 18.7. The fourth-order valence-electron chi connectivity index (χ4n) is 2.20. The van der Waals surface area contributed by atoms with Gasteiger partial charge >= 0.3 is 0 Å². The maximum Gasteiger partial charge on any atom is 0.0640 e. The second-order valence-corrected chi connectivity index (χ2v) is 5.66. The third-order valence-corrected chi connectivity index (χ3v) is 4.12.